The van der Waals surface area contributed by atoms with Crippen molar-refractivity contribution in [2.45, 2.75) is 58.5 Å². The van der Waals surface area contributed by atoms with Crippen LogP contribution in [-0.4, -0.2) is 22.8 Å². The van der Waals surface area contributed by atoms with Crippen LogP contribution in [0.4, 0.5) is 0 Å². The van der Waals surface area contributed by atoms with E-state index in [0.717, 1.165) is 12.5 Å². The van der Waals surface area contributed by atoms with E-state index in [1.165, 1.54) is 6.42 Å². The molecule has 0 bridgehead atoms. The van der Waals surface area contributed by atoms with Crippen LogP contribution >= 0.6 is 0 Å². The van der Waals surface area contributed by atoms with Gasteiger partial charge in [0, 0.05) is 19.3 Å². The predicted octanol–water partition coefficient (Wildman–Crippen LogP) is 3.96. The van der Waals surface area contributed by atoms with Crippen LogP contribution in [0.2, 0.25) is 11.1 Å². The zero-order chi connectivity index (χ0) is 12.1. The lowest BCUT2D eigenvalue weighted by Crippen LogP contribution is -2.52. The average molecular weight is 232 g/mol. The molecule has 0 N–H and O–H groups in total. The normalized spacial score (nSPS) is 15.4. The Bertz CT molecular complexity index is 176. The standard InChI is InChI=1S/C12H28O2Si/c1-8-10-15(13-6,14-7)12(4,5)11(3)9-2/h11H,8-10H2,1-7H3. The van der Waals surface area contributed by atoms with Gasteiger partial charge in [-0.1, -0.05) is 47.5 Å². The Morgan fingerprint density at radius 1 is 1.13 bits per heavy atom. The van der Waals surface area contributed by atoms with E-state index in [1.54, 1.807) is 0 Å². The molecule has 0 aliphatic rings. The van der Waals surface area contributed by atoms with Crippen LogP contribution in [0.1, 0.15) is 47.5 Å². The fourth-order valence-corrected chi connectivity index (χ4v) is 6.24. The van der Waals surface area contributed by atoms with Gasteiger partial charge >= 0.3 is 8.56 Å². The molecule has 0 amide bonds. The molecular weight excluding hydrogens is 204 g/mol. The van der Waals surface area contributed by atoms with Gasteiger partial charge in [-0.2, -0.15) is 0 Å². The molecule has 3 heteroatoms. The lowest BCUT2D eigenvalue weighted by atomic mass is 9.94. The minimum absolute atomic E-state index is 0.168. The topological polar surface area (TPSA) is 18.5 Å². The second-order valence-corrected chi connectivity index (χ2v) is 9.05. The Balaban J connectivity index is 5.02. The Labute approximate surface area is 96.6 Å². The van der Waals surface area contributed by atoms with Gasteiger partial charge in [-0.25, -0.2) is 0 Å². The van der Waals surface area contributed by atoms with Crippen LogP contribution in [0.25, 0.3) is 0 Å². The van der Waals surface area contributed by atoms with Crippen molar-refractivity contribution < 1.29 is 8.85 Å². The van der Waals surface area contributed by atoms with Crippen molar-refractivity contribution in [3.8, 4) is 0 Å². The largest absolute Gasteiger partial charge is 0.397 e. The quantitative estimate of drug-likeness (QED) is 0.619. The lowest BCUT2D eigenvalue weighted by molar-refractivity contribution is 0.186. The monoisotopic (exact) mass is 232 g/mol. The molecule has 2 nitrogen and oxygen atoms in total. The van der Waals surface area contributed by atoms with Gasteiger partial charge in [-0.3, -0.25) is 0 Å². The molecule has 0 saturated heterocycles. The predicted molar refractivity (Wildman–Crippen MR) is 68.4 cm³/mol. The molecule has 92 valence electrons. The van der Waals surface area contributed by atoms with Crippen LogP contribution < -0.4 is 0 Å². The second kappa shape index (κ2) is 6.02. The van der Waals surface area contributed by atoms with Gasteiger partial charge < -0.3 is 8.85 Å². The van der Waals surface area contributed by atoms with Crippen molar-refractivity contribution in [1.82, 2.24) is 0 Å². The highest BCUT2D eigenvalue weighted by Gasteiger charge is 2.52. The third-order valence-electron chi connectivity index (χ3n) is 4.06. The molecule has 0 radical (unpaired) electrons. The Hall–Kier alpha value is 0.137. The highest BCUT2D eigenvalue weighted by molar-refractivity contribution is 6.70. The zero-order valence-electron chi connectivity index (χ0n) is 11.5. The molecule has 0 aromatic carbocycles. The number of hydrogen-bond acceptors (Lipinski definition) is 2. The molecule has 0 fully saturated rings. The van der Waals surface area contributed by atoms with E-state index in [0.29, 0.717) is 5.92 Å². The summed E-state index contributed by atoms with van der Waals surface area (Å²) in [5.74, 6) is 0.635. The summed E-state index contributed by atoms with van der Waals surface area (Å²) in [4.78, 5) is 0. The first-order valence-electron chi connectivity index (χ1n) is 6.02. The van der Waals surface area contributed by atoms with Crippen molar-refractivity contribution in [2.24, 2.45) is 5.92 Å². The van der Waals surface area contributed by atoms with E-state index in [9.17, 15) is 0 Å². The van der Waals surface area contributed by atoms with Gasteiger partial charge in [0.05, 0.1) is 0 Å². The summed E-state index contributed by atoms with van der Waals surface area (Å²) in [6, 6.07) is 1.08. The van der Waals surface area contributed by atoms with Crippen molar-refractivity contribution in [3.05, 3.63) is 0 Å². The van der Waals surface area contributed by atoms with Crippen LogP contribution in [-0.2, 0) is 8.85 Å². The van der Waals surface area contributed by atoms with Crippen molar-refractivity contribution >= 4 is 8.56 Å². The van der Waals surface area contributed by atoms with Gasteiger partial charge in [0.25, 0.3) is 0 Å². The minimum atomic E-state index is -2.06. The fraction of sp³-hybridized carbons (Fsp3) is 1.00. The van der Waals surface area contributed by atoms with Crippen LogP contribution in [0.5, 0.6) is 0 Å². The van der Waals surface area contributed by atoms with Gasteiger partial charge in [0.15, 0.2) is 0 Å². The average Bonchev–Trinajstić information content (AvgIpc) is 2.24. The SMILES string of the molecule is CCC[Si](OC)(OC)C(C)(C)C(C)CC. The highest BCUT2D eigenvalue weighted by Crippen LogP contribution is 2.48. The molecule has 0 aromatic heterocycles. The fourth-order valence-electron chi connectivity index (χ4n) is 2.35. The molecule has 0 aliphatic carbocycles. The Kier molecular flexibility index (Phi) is 6.07. The third-order valence-corrected chi connectivity index (χ3v) is 9.00. The molecule has 0 rings (SSSR count). The first-order chi connectivity index (χ1) is 6.91. The minimum Gasteiger partial charge on any atom is -0.397 e. The summed E-state index contributed by atoms with van der Waals surface area (Å²) >= 11 is 0. The van der Waals surface area contributed by atoms with E-state index in [-0.39, 0.29) is 5.04 Å². The van der Waals surface area contributed by atoms with E-state index >= 15 is 0 Å². The molecule has 15 heavy (non-hydrogen) atoms. The zero-order valence-corrected chi connectivity index (χ0v) is 12.5. The number of rotatable bonds is 7. The first-order valence-corrected chi connectivity index (χ1v) is 8.04. The molecule has 0 aromatic rings. The maximum absolute atomic E-state index is 5.83. The number of hydrogen-bond donors (Lipinski definition) is 0. The van der Waals surface area contributed by atoms with Gasteiger partial charge in [-0.15, -0.1) is 0 Å². The van der Waals surface area contributed by atoms with Crippen molar-refractivity contribution in [1.29, 1.82) is 0 Å². The van der Waals surface area contributed by atoms with Gasteiger partial charge in [0.1, 0.15) is 0 Å². The lowest BCUT2D eigenvalue weighted by Gasteiger charge is -2.45. The molecular formula is C12H28O2Si. The van der Waals surface area contributed by atoms with Crippen LogP contribution in [0.15, 0.2) is 0 Å². The molecule has 0 heterocycles. The van der Waals surface area contributed by atoms with Crippen molar-refractivity contribution in [2.75, 3.05) is 14.2 Å². The molecule has 0 saturated carbocycles. The summed E-state index contributed by atoms with van der Waals surface area (Å²) in [6.45, 7) is 11.3. The van der Waals surface area contributed by atoms with E-state index in [4.69, 9.17) is 8.85 Å². The second-order valence-electron chi connectivity index (χ2n) is 4.94. The summed E-state index contributed by atoms with van der Waals surface area (Å²) in [5.41, 5.74) is 0. The third kappa shape index (κ3) is 2.83. The Morgan fingerprint density at radius 2 is 1.60 bits per heavy atom. The van der Waals surface area contributed by atoms with E-state index in [2.05, 4.69) is 34.6 Å². The van der Waals surface area contributed by atoms with Crippen LogP contribution in [0.3, 0.4) is 0 Å². The molecule has 0 spiro atoms. The van der Waals surface area contributed by atoms with E-state index < -0.39 is 8.56 Å². The maximum Gasteiger partial charge on any atom is 0.343 e. The molecule has 0 aliphatic heterocycles. The summed E-state index contributed by atoms with van der Waals surface area (Å²) in [7, 11) is 1.57. The van der Waals surface area contributed by atoms with Crippen LogP contribution in [0, 0.1) is 5.92 Å². The smallest absolute Gasteiger partial charge is 0.343 e. The summed E-state index contributed by atoms with van der Waals surface area (Å²) in [5, 5.41) is 0.168. The molecule has 1 unspecified atom stereocenters. The summed E-state index contributed by atoms with van der Waals surface area (Å²) < 4.78 is 11.7. The highest BCUT2D eigenvalue weighted by atomic mass is 28.4. The van der Waals surface area contributed by atoms with Gasteiger partial charge in [-0.05, 0) is 12.0 Å². The summed E-state index contributed by atoms with van der Waals surface area (Å²) in [6.07, 6.45) is 2.31. The van der Waals surface area contributed by atoms with Gasteiger partial charge in [0.2, 0.25) is 0 Å². The van der Waals surface area contributed by atoms with E-state index in [1.807, 2.05) is 14.2 Å². The Morgan fingerprint density at radius 3 is 1.87 bits per heavy atom. The molecule has 1 atom stereocenters. The maximum atomic E-state index is 5.83. The van der Waals surface area contributed by atoms with Crippen molar-refractivity contribution in [3.63, 3.8) is 0 Å². The first kappa shape index (κ1) is 15.1.